The number of anilines is 1. The Morgan fingerprint density at radius 1 is 1.42 bits per heavy atom. The van der Waals surface area contributed by atoms with E-state index in [9.17, 15) is 5.26 Å². The Labute approximate surface area is 124 Å². The predicted octanol–water partition coefficient (Wildman–Crippen LogP) is 3.51. The molecule has 0 unspecified atom stereocenters. The first-order valence-electron chi connectivity index (χ1n) is 5.72. The lowest BCUT2D eigenvalue weighted by Crippen LogP contribution is -2.16. The van der Waals surface area contributed by atoms with Crippen molar-refractivity contribution in [3.8, 4) is 6.07 Å². The summed E-state index contributed by atoms with van der Waals surface area (Å²) in [6.07, 6.45) is 0. The predicted molar refractivity (Wildman–Crippen MR) is 81.2 cm³/mol. The fourth-order valence-electron chi connectivity index (χ4n) is 1.86. The fraction of sp³-hybridized carbons (Fsp3) is 0.214. The van der Waals surface area contributed by atoms with Crippen LogP contribution in [0.3, 0.4) is 0 Å². The number of rotatable bonds is 4. The van der Waals surface area contributed by atoms with Gasteiger partial charge in [-0.1, -0.05) is 6.07 Å². The lowest BCUT2D eigenvalue weighted by atomic mass is 10.1. The summed E-state index contributed by atoms with van der Waals surface area (Å²) in [5.41, 5.74) is 2.22. The van der Waals surface area contributed by atoms with E-state index < -0.39 is 0 Å². The SMILES string of the molecule is CN(Cc1cc(Br)cs1)c1ccc(CO)cc1C#N. The molecule has 0 radical (unpaired) electrons. The molecule has 0 atom stereocenters. The third-order valence-corrected chi connectivity index (χ3v) is 4.47. The van der Waals surface area contributed by atoms with E-state index in [1.807, 2.05) is 29.5 Å². The Hall–Kier alpha value is -1.35. The first-order valence-corrected chi connectivity index (χ1v) is 7.39. The van der Waals surface area contributed by atoms with Crippen LogP contribution in [-0.2, 0) is 13.2 Å². The van der Waals surface area contributed by atoms with E-state index in [0.29, 0.717) is 5.56 Å². The minimum absolute atomic E-state index is 0.0451. The molecule has 1 aromatic heterocycles. The molecular weight excluding hydrogens is 324 g/mol. The summed E-state index contributed by atoms with van der Waals surface area (Å²) in [6, 6.07) is 9.72. The highest BCUT2D eigenvalue weighted by molar-refractivity contribution is 9.10. The molecule has 1 aromatic carbocycles. The summed E-state index contributed by atoms with van der Waals surface area (Å²) in [5, 5.41) is 20.3. The van der Waals surface area contributed by atoms with Crippen LogP contribution < -0.4 is 4.90 Å². The summed E-state index contributed by atoms with van der Waals surface area (Å²) < 4.78 is 1.08. The number of nitrogens with zero attached hydrogens (tertiary/aromatic N) is 2. The molecule has 5 heteroatoms. The fourth-order valence-corrected chi connectivity index (χ4v) is 3.36. The number of nitriles is 1. The molecule has 0 fully saturated rings. The molecule has 0 spiro atoms. The van der Waals surface area contributed by atoms with Gasteiger partial charge in [0.25, 0.3) is 0 Å². The van der Waals surface area contributed by atoms with Crippen LogP contribution >= 0.6 is 27.3 Å². The van der Waals surface area contributed by atoms with Crippen molar-refractivity contribution in [3.63, 3.8) is 0 Å². The second kappa shape index (κ2) is 6.20. The number of halogens is 1. The molecule has 0 aliphatic rings. The zero-order chi connectivity index (χ0) is 13.8. The Morgan fingerprint density at radius 2 is 2.21 bits per heavy atom. The first kappa shape index (κ1) is 14.1. The molecule has 0 bridgehead atoms. The largest absolute Gasteiger partial charge is 0.392 e. The van der Waals surface area contributed by atoms with Crippen molar-refractivity contribution in [1.29, 1.82) is 5.26 Å². The van der Waals surface area contributed by atoms with Crippen molar-refractivity contribution in [1.82, 2.24) is 0 Å². The van der Waals surface area contributed by atoms with Crippen molar-refractivity contribution < 1.29 is 5.11 Å². The van der Waals surface area contributed by atoms with Crippen molar-refractivity contribution in [2.24, 2.45) is 0 Å². The van der Waals surface area contributed by atoms with Crippen LogP contribution in [0.25, 0.3) is 0 Å². The minimum Gasteiger partial charge on any atom is -0.392 e. The number of aliphatic hydroxyl groups excluding tert-OH is 1. The van der Waals surface area contributed by atoms with Crippen LogP contribution in [0.5, 0.6) is 0 Å². The maximum absolute atomic E-state index is 9.19. The maximum atomic E-state index is 9.19. The van der Waals surface area contributed by atoms with E-state index in [4.69, 9.17) is 5.11 Å². The van der Waals surface area contributed by atoms with Gasteiger partial charge in [-0.15, -0.1) is 11.3 Å². The molecule has 1 heterocycles. The molecule has 0 aliphatic carbocycles. The molecule has 3 nitrogen and oxygen atoms in total. The van der Waals surface area contributed by atoms with Crippen LogP contribution in [0.2, 0.25) is 0 Å². The van der Waals surface area contributed by atoms with Crippen LogP contribution in [0.1, 0.15) is 16.0 Å². The Bertz CT molecular complexity index is 618. The van der Waals surface area contributed by atoms with Crippen LogP contribution in [0, 0.1) is 11.3 Å². The van der Waals surface area contributed by atoms with Gasteiger partial charge in [-0.3, -0.25) is 0 Å². The van der Waals surface area contributed by atoms with Gasteiger partial charge in [0.15, 0.2) is 0 Å². The molecule has 0 amide bonds. The Morgan fingerprint density at radius 3 is 2.79 bits per heavy atom. The van der Waals surface area contributed by atoms with Crippen LogP contribution in [0.15, 0.2) is 34.1 Å². The van der Waals surface area contributed by atoms with Crippen molar-refractivity contribution >= 4 is 33.0 Å². The number of hydrogen-bond acceptors (Lipinski definition) is 4. The zero-order valence-electron chi connectivity index (χ0n) is 10.4. The summed E-state index contributed by atoms with van der Waals surface area (Å²) in [5.74, 6) is 0. The summed E-state index contributed by atoms with van der Waals surface area (Å²) in [4.78, 5) is 3.27. The van der Waals surface area contributed by atoms with E-state index in [1.165, 1.54) is 4.88 Å². The number of hydrogen-bond donors (Lipinski definition) is 1. The third kappa shape index (κ3) is 3.35. The van der Waals surface area contributed by atoms with Crippen molar-refractivity contribution in [3.05, 3.63) is 50.1 Å². The molecule has 2 aromatic rings. The highest BCUT2D eigenvalue weighted by Gasteiger charge is 2.09. The number of benzene rings is 1. The zero-order valence-corrected chi connectivity index (χ0v) is 12.8. The minimum atomic E-state index is -0.0451. The van der Waals surface area contributed by atoms with E-state index in [0.717, 1.165) is 22.3 Å². The molecule has 1 N–H and O–H groups in total. The highest BCUT2D eigenvalue weighted by atomic mass is 79.9. The summed E-state index contributed by atoms with van der Waals surface area (Å²) in [7, 11) is 1.96. The van der Waals surface area contributed by atoms with E-state index >= 15 is 0 Å². The van der Waals surface area contributed by atoms with Crippen LogP contribution in [0.4, 0.5) is 5.69 Å². The lowest BCUT2D eigenvalue weighted by Gasteiger charge is -2.20. The van der Waals surface area contributed by atoms with Gasteiger partial charge < -0.3 is 10.0 Å². The highest BCUT2D eigenvalue weighted by Crippen LogP contribution is 2.25. The average molecular weight is 337 g/mol. The van der Waals surface area contributed by atoms with E-state index in [1.54, 1.807) is 17.4 Å². The lowest BCUT2D eigenvalue weighted by molar-refractivity contribution is 0.282. The van der Waals surface area contributed by atoms with Crippen LogP contribution in [-0.4, -0.2) is 12.2 Å². The second-order valence-corrected chi connectivity index (χ2v) is 6.12. The van der Waals surface area contributed by atoms with Crippen molar-refractivity contribution in [2.75, 3.05) is 11.9 Å². The summed E-state index contributed by atoms with van der Waals surface area (Å²) >= 11 is 5.12. The monoisotopic (exact) mass is 336 g/mol. The Balaban J connectivity index is 2.23. The smallest absolute Gasteiger partial charge is 0.101 e. The molecule has 19 heavy (non-hydrogen) atoms. The molecule has 0 aliphatic heterocycles. The van der Waals surface area contributed by atoms with Gasteiger partial charge in [0.05, 0.1) is 24.4 Å². The molecule has 0 saturated carbocycles. The topological polar surface area (TPSA) is 47.3 Å². The van der Waals surface area contributed by atoms with Gasteiger partial charge in [0.2, 0.25) is 0 Å². The standard InChI is InChI=1S/C14H13BrN2OS/c1-17(7-13-5-12(15)9-19-13)14-3-2-10(8-18)4-11(14)6-16/h2-5,9,18H,7-8H2,1H3. The molecule has 0 saturated heterocycles. The maximum Gasteiger partial charge on any atom is 0.101 e. The van der Waals surface area contributed by atoms with E-state index in [2.05, 4.69) is 28.1 Å². The Kier molecular flexibility index (Phi) is 4.59. The van der Waals surface area contributed by atoms with Crippen molar-refractivity contribution in [2.45, 2.75) is 13.2 Å². The van der Waals surface area contributed by atoms with Gasteiger partial charge in [0, 0.05) is 21.8 Å². The third-order valence-electron chi connectivity index (χ3n) is 2.79. The second-order valence-electron chi connectivity index (χ2n) is 4.21. The molecule has 2 rings (SSSR count). The molecule has 98 valence electrons. The number of aliphatic hydroxyl groups is 1. The van der Waals surface area contributed by atoms with Gasteiger partial charge in [0.1, 0.15) is 6.07 Å². The van der Waals surface area contributed by atoms with Gasteiger partial charge >= 0.3 is 0 Å². The first-order chi connectivity index (χ1) is 9.13. The normalized spacial score (nSPS) is 10.2. The summed E-state index contributed by atoms with van der Waals surface area (Å²) in [6.45, 7) is 0.708. The van der Waals surface area contributed by atoms with Gasteiger partial charge in [-0.05, 0) is 39.7 Å². The quantitative estimate of drug-likeness (QED) is 0.929. The van der Waals surface area contributed by atoms with Gasteiger partial charge in [-0.2, -0.15) is 5.26 Å². The average Bonchev–Trinajstić information content (AvgIpc) is 2.83. The van der Waals surface area contributed by atoms with E-state index in [-0.39, 0.29) is 6.61 Å². The van der Waals surface area contributed by atoms with Gasteiger partial charge in [-0.25, -0.2) is 0 Å². The number of thiophene rings is 1. The molecular formula is C14H13BrN2OS.